The first-order valence-corrected chi connectivity index (χ1v) is 18.0. The number of carboxylic acids is 2. The van der Waals surface area contributed by atoms with Gasteiger partial charge in [0.15, 0.2) is 0 Å². The molecule has 0 saturated carbocycles. The molecule has 0 heterocycles. The summed E-state index contributed by atoms with van der Waals surface area (Å²) in [5.74, 6) is -1.31. The molecule has 0 bridgehead atoms. The SMILES string of the molecule is CCCCCCCCCCCCCCCCCC(=O)O.CCCCCCCCCCCCCCCCCC(=O)O.[Ca+2].[Ca+2].[H-].[H-].[H-].[H-]. The molecule has 0 fully saturated rings. The normalized spacial score (nSPS) is 10.3. The van der Waals surface area contributed by atoms with Gasteiger partial charge in [-0.15, -0.1) is 0 Å². The number of carbonyl (C=O) groups is 2. The average molecular weight is 653 g/mol. The van der Waals surface area contributed by atoms with E-state index in [-0.39, 0.29) is 81.2 Å². The van der Waals surface area contributed by atoms with E-state index in [4.69, 9.17) is 10.2 Å². The van der Waals surface area contributed by atoms with Crippen molar-refractivity contribution in [1.29, 1.82) is 0 Å². The molecular formula is C36H76Ca2O4. The molecule has 0 spiro atoms. The van der Waals surface area contributed by atoms with Crippen LogP contribution in [0.25, 0.3) is 0 Å². The van der Waals surface area contributed by atoms with Crippen LogP contribution < -0.4 is 0 Å². The quantitative estimate of drug-likeness (QED) is 0.0560. The molecule has 0 aliphatic rings. The summed E-state index contributed by atoms with van der Waals surface area (Å²) >= 11 is 0. The molecule has 0 atom stereocenters. The predicted octanol–water partition coefficient (Wildman–Crippen LogP) is 12.4. The monoisotopic (exact) mass is 652 g/mol. The Morgan fingerprint density at radius 2 is 0.476 bits per heavy atom. The van der Waals surface area contributed by atoms with Crippen LogP contribution in [0.3, 0.4) is 0 Å². The molecule has 0 aromatic heterocycles. The molecule has 0 unspecified atom stereocenters. The second-order valence-electron chi connectivity index (χ2n) is 12.2. The first-order valence-electron chi connectivity index (χ1n) is 18.0. The van der Waals surface area contributed by atoms with Gasteiger partial charge in [0.1, 0.15) is 0 Å². The van der Waals surface area contributed by atoms with Gasteiger partial charge in [-0.3, -0.25) is 9.59 Å². The summed E-state index contributed by atoms with van der Waals surface area (Å²) < 4.78 is 0. The molecule has 0 aliphatic heterocycles. The smallest absolute Gasteiger partial charge is 1.00 e. The van der Waals surface area contributed by atoms with Crippen molar-refractivity contribution in [3.05, 3.63) is 0 Å². The fourth-order valence-electron chi connectivity index (χ4n) is 5.30. The number of unbranched alkanes of at least 4 members (excludes halogenated alkanes) is 28. The van der Waals surface area contributed by atoms with Crippen molar-refractivity contribution < 1.29 is 25.5 Å². The predicted molar refractivity (Wildman–Crippen MR) is 190 cm³/mol. The molecule has 0 radical (unpaired) electrons. The zero-order chi connectivity index (χ0) is 29.8. The minimum Gasteiger partial charge on any atom is -1.00 e. The standard InChI is InChI=1S/2C18H36O2.2Ca.4H/c2*1-2-3-4-5-6-7-8-9-10-11-12-13-14-15-16-17-18(19)20;;;;;;/h2*2-17H2,1H3,(H,19,20);;;;;;/q;;2*+2;4*-1. The van der Waals surface area contributed by atoms with Gasteiger partial charge >= 0.3 is 87.4 Å². The summed E-state index contributed by atoms with van der Waals surface area (Å²) in [6.45, 7) is 4.54. The van der Waals surface area contributed by atoms with Gasteiger partial charge in [-0.25, -0.2) is 0 Å². The number of aliphatic carboxylic acids is 2. The minimum absolute atomic E-state index is 0. The molecule has 6 heteroatoms. The zero-order valence-electron chi connectivity index (χ0n) is 32.8. The van der Waals surface area contributed by atoms with Crippen LogP contribution in [-0.4, -0.2) is 97.6 Å². The molecular weight excluding hydrogens is 577 g/mol. The Balaban J connectivity index is -0.0000000926. The Hall–Kier alpha value is 1.46. The maximum absolute atomic E-state index is 10.3. The molecule has 0 rings (SSSR count). The van der Waals surface area contributed by atoms with Crippen LogP contribution in [0.1, 0.15) is 225 Å². The van der Waals surface area contributed by atoms with E-state index in [9.17, 15) is 9.59 Å². The van der Waals surface area contributed by atoms with E-state index in [1.165, 1.54) is 167 Å². The van der Waals surface area contributed by atoms with Crippen LogP contribution in [0.15, 0.2) is 0 Å². The average Bonchev–Trinajstić information content (AvgIpc) is 2.93. The summed E-state index contributed by atoms with van der Waals surface area (Å²) in [5.41, 5.74) is 0. The Bertz CT molecular complexity index is 478. The second kappa shape index (κ2) is 46.9. The van der Waals surface area contributed by atoms with Crippen LogP contribution in [0.4, 0.5) is 0 Å². The minimum atomic E-state index is -0.653. The first-order chi connectivity index (χ1) is 19.5. The Kier molecular flexibility index (Phi) is 56.2. The van der Waals surface area contributed by atoms with Crippen LogP contribution in [0.2, 0.25) is 0 Å². The van der Waals surface area contributed by atoms with Gasteiger partial charge in [0.05, 0.1) is 0 Å². The molecule has 0 saturated heterocycles. The summed E-state index contributed by atoms with van der Waals surface area (Å²) in [6.07, 6.45) is 40.4. The number of carboxylic acid groups (broad SMARTS) is 2. The zero-order valence-corrected chi connectivity index (χ0v) is 33.2. The fraction of sp³-hybridized carbons (Fsp3) is 0.944. The van der Waals surface area contributed by atoms with Crippen LogP contribution in [0.5, 0.6) is 0 Å². The van der Waals surface area contributed by atoms with E-state index in [2.05, 4.69) is 13.8 Å². The van der Waals surface area contributed by atoms with Gasteiger partial charge in [0.25, 0.3) is 0 Å². The largest absolute Gasteiger partial charge is 2.00 e. The molecule has 0 aliphatic carbocycles. The third-order valence-corrected chi connectivity index (χ3v) is 7.99. The van der Waals surface area contributed by atoms with Crippen molar-refractivity contribution >= 4 is 87.4 Å². The molecule has 248 valence electrons. The molecule has 42 heavy (non-hydrogen) atoms. The Morgan fingerprint density at radius 1 is 0.333 bits per heavy atom. The Morgan fingerprint density at radius 3 is 0.619 bits per heavy atom. The van der Waals surface area contributed by atoms with E-state index in [0.717, 1.165) is 25.7 Å². The first kappa shape index (κ1) is 50.3. The van der Waals surface area contributed by atoms with E-state index in [1.807, 2.05) is 0 Å². The maximum atomic E-state index is 10.3. The number of hydrogen-bond acceptors (Lipinski definition) is 2. The molecule has 0 aromatic carbocycles. The van der Waals surface area contributed by atoms with Crippen molar-refractivity contribution in [2.75, 3.05) is 0 Å². The van der Waals surface area contributed by atoms with Gasteiger partial charge in [0, 0.05) is 12.8 Å². The van der Waals surface area contributed by atoms with E-state index >= 15 is 0 Å². The van der Waals surface area contributed by atoms with Gasteiger partial charge in [-0.05, 0) is 12.8 Å². The van der Waals surface area contributed by atoms with Crippen molar-refractivity contribution in [2.45, 2.75) is 219 Å². The van der Waals surface area contributed by atoms with Gasteiger partial charge in [0.2, 0.25) is 0 Å². The summed E-state index contributed by atoms with van der Waals surface area (Å²) in [6, 6.07) is 0. The van der Waals surface area contributed by atoms with Crippen LogP contribution >= 0.6 is 0 Å². The van der Waals surface area contributed by atoms with Crippen LogP contribution in [-0.2, 0) is 9.59 Å². The summed E-state index contributed by atoms with van der Waals surface area (Å²) in [7, 11) is 0. The van der Waals surface area contributed by atoms with Gasteiger partial charge in [-0.1, -0.05) is 194 Å². The topological polar surface area (TPSA) is 74.6 Å². The fourth-order valence-corrected chi connectivity index (χ4v) is 5.30. The third-order valence-electron chi connectivity index (χ3n) is 7.99. The molecule has 2 N–H and O–H groups in total. The summed E-state index contributed by atoms with van der Waals surface area (Å²) in [5, 5.41) is 17.0. The van der Waals surface area contributed by atoms with Gasteiger partial charge in [-0.2, -0.15) is 0 Å². The van der Waals surface area contributed by atoms with Gasteiger partial charge < -0.3 is 15.9 Å². The van der Waals surface area contributed by atoms with Crippen molar-refractivity contribution in [2.24, 2.45) is 0 Å². The number of hydrogen-bond donors (Lipinski definition) is 2. The van der Waals surface area contributed by atoms with E-state index in [1.54, 1.807) is 0 Å². The molecule has 0 amide bonds. The summed E-state index contributed by atoms with van der Waals surface area (Å²) in [4.78, 5) is 20.7. The van der Waals surface area contributed by atoms with Crippen molar-refractivity contribution in [3.63, 3.8) is 0 Å². The second-order valence-corrected chi connectivity index (χ2v) is 12.2. The van der Waals surface area contributed by atoms with E-state index in [0.29, 0.717) is 12.8 Å². The molecule has 4 nitrogen and oxygen atoms in total. The third kappa shape index (κ3) is 54.0. The number of rotatable bonds is 32. The van der Waals surface area contributed by atoms with Crippen LogP contribution in [0, 0.1) is 0 Å². The Labute approximate surface area is 329 Å². The van der Waals surface area contributed by atoms with E-state index < -0.39 is 11.9 Å². The molecule has 0 aromatic rings. The maximum Gasteiger partial charge on any atom is 2.00 e. The van der Waals surface area contributed by atoms with Crippen molar-refractivity contribution in [1.82, 2.24) is 0 Å². The van der Waals surface area contributed by atoms with Crippen molar-refractivity contribution in [3.8, 4) is 0 Å².